The second kappa shape index (κ2) is 4.39. The molecule has 1 heterocycles. The minimum absolute atomic E-state index is 0.213. The number of aromatic nitrogens is 1. The van der Waals surface area contributed by atoms with Gasteiger partial charge in [-0.3, -0.25) is 0 Å². The molecule has 0 fully saturated rings. The van der Waals surface area contributed by atoms with Gasteiger partial charge in [0, 0.05) is 5.56 Å². The molecule has 0 atom stereocenters. The number of pyridine rings is 1. The Morgan fingerprint density at radius 2 is 2.27 bits per heavy atom. The fourth-order valence-electron chi connectivity index (χ4n) is 0.961. The van der Waals surface area contributed by atoms with Crippen LogP contribution in [0.4, 0.5) is 14.6 Å². The Morgan fingerprint density at radius 3 is 2.73 bits per heavy atom. The Balaban J connectivity index is 3.34. The summed E-state index contributed by atoms with van der Waals surface area (Å²) in [4.78, 5) is 14.6. The van der Waals surface area contributed by atoms with Crippen LogP contribution < -0.4 is 5.73 Å². The molecule has 1 aromatic rings. The largest absolute Gasteiger partial charge is 0.464 e. The summed E-state index contributed by atoms with van der Waals surface area (Å²) in [6.45, 7) is 0. The first-order valence-electron chi connectivity index (χ1n) is 3.79. The predicted molar refractivity (Wildman–Crippen MR) is 50.0 cm³/mol. The van der Waals surface area contributed by atoms with Crippen molar-refractivity contribution in [2.75, 3.05) is 12.8 Å². The number of hydrogen-bond donors (Lipinski definition) is 1. The molecule has 0 aromatic carbocycles. The average Bonchev–Trinajstić information content (AvgIpc) is 2.19. The van der Waals surface area contributed by atoms with Crippen molar-refractivity contribution in [2.24, 2.45) is 0 Å². The van der Waals surface area contributed by atoms with Crippen molar-refractivity contribution in [3.8, 4) is 0 Å². The lowest BCUT2D eigenvalue weighted by Crippen LogP contribution is -2.09. The van der Waals surface area contributed by atoms with E-state index in [1.165, 1.54) is 0 Å². The minimum atomic E-state index is -2.83. The number of carbonyl (C=O) groups is 1. The second-order valence-electron chi connectivity index (χ2n) is 2.59. The molecule has 82 valence electrons. The minimum Gasteiger partial charge on any atom is -0.464 e. The van der Waals surface area contributed by atoms with Gasteiger partial charge in [-0.1, -0.05) is 11.6 Å². The molecule has 4 nitrogen and oxygen atoms in total. The number of esters is 1. The van der Waals surface area contributed by atoms with Crippen molar-refractivity contribution in [3.63, 3.8) is 0 Å². The van der Waals surface area contributed by atoms with E-state index in [4.69, 9.17) is 17.3 Å². The summed E-state index contributed by atoms with van der Waals surface area (Å²) in [5.74, 6) is -1.12. The van der Waals surface area contributed by atoms with Gasteiger partial charge in [-0.25, -0.2) is 18.6 Å². The van der Waals surface area contributed by atoms with Gasteiger partial charge in [-0.05, 0) is 6.07 Å². The van der Waals surface area contributed by atoms with Gasteiger partial charge in [-0.15, -0.1) is 0 Å². The molecule has 7 heteroatoms. The second-order valence-corrected chi connectivity index (χ2v) is 2.97. The van der Waals surface area contributed by atoms with Gasteiger partial charge in [0.1, 0.15) is 5.82 Å². The van der Waals surface area contributed by atoms with Crippen LogP contribution in [0.15, 0.2) is 6.07 Å². The zero-order chi connectivity index (χ0) is 11.6. The Hall–Kier alpha value is -1.43. The first-order valence-corrected chi connectivity index (χ1v) is 4.17. The van der Waals surface area contributed by atoms with Gasteiger partial charge in [0.2, 0.25) is 0 Å². The first kappa shape index (κ1) is 11.6. The highest BCUT2D eigenvalue weighted by Gasteiger charge is 2.21. The third-order valence-corrected chi connectivity index (χ3v) is 2.02. The highest BCUT2D eigenvalue weighted by molar-refractivity contribution is 6.34. The third kappa shape index (κ3) is 2.33. The summed E-state index contributed by atoms with van der Waals surface area (Å²) in [7, 11) is 1.09. The van der Waals surface area contributed by atoms with E-state index in [1.54, 1.807) is 0 Å². The Morgan fingerprint density at radius 1 is 1.67 bits per heavy atom. The van der Waals surface area contributed by atoms with Crippen LogP contribution in [0.1, 0.15) is 22.5 Å². The number of nitrogens with two attached hydrogens (primary N) is 1. The van der Waals surface area contributed by atoms with E-state index in [9.17, 15) is 13.6 Å². The molecule has 0 amide bonds. The van der Waals surface area contributed by atoms with Crippen molar-refractivity contribution in [2.45, 2.75) is 6.43 Å². The summed E-state index contributed by atoms with van der Waals surface area (Å²) < 4.78 is 29.2. The molecule has 0 aliphatic rings. The van der Waals surface area contributed by atoms with Crippen LogP contribution >= 0.6 is 11.6 Å². The van der Waals surface area contributed by atoms with E-state index in [0.717, 1.165) is 13.2 Å². The fraction of sp³-hybridized carbons (Fsp3) is 0.250. The molecule has 0 aliphatic carbocycles. The smallest absolute Gasteiger partial charge is 0.358 e. The Kier molecular flexibility index (Phi) is 3.41. The SMILES string of the molecule is COC(=O)c1nc(N)cc(C(F)F)c1Cl. The highest BCUT2D eigenvalue weighted by atomic mass is 35.5. The van der Waals surface area contributed by atoms with Gasteiger partial charge < -0.3 is 10.5 Å². The molecule has 1 rings (SSSR count). The number of hydrogen-bond acceptors (Lipinski definition) is 4. The number of anilines is 1. The van der Waals surface area contributed by atoms with Crippen LogP contribution in [-0.2, 0) is 4.74 Å². The molecule has 15 heavy (non-hydrogen) atoms. The number of alkyl halides is 2. The molecular weight excluding hydrogens is 230 g/mol. The topological polar surface area (TPSA) is 65.2 Å². The summed E-state index contributed by atoms with van der Waals surface area (Å²) in [6.07, 6.45) is -2.83. The lowest BCUT2D eigenvalue weighted by Gasteiger charge is -2.07. The summed E-state index contributed by atoms with van der Waals surface area (Å²) in [5.41, 5.74) is 4.30. The van der Waals surface area contributed by atoms with Crippen LogP contribution in [0.25, 0.3) is 0 Å². The van der Waals surface area contributed by atoms with E-state index >= 15 is 0 Å². The number of nitrogen functional groups attached to an aromatic ring is 1. The van der Waals surface area contributed by atoms with Crippen molar-refractivity contribution < 1.29 is 18.3 Å². The van der Waals surface area contributed by atoms with Gasteiger partial charge in [0.05, 0.1) is 12.1 Å². The Bertz CT molecular complexity index is 398. The summed E-state index contributed by atoms with van der Waals surface area (Å²) in [6, 6.07) is 0.916. The van der Waals surface area contributed by atoms with Crippen LogP contribution in [0.3, 0.4) is 0 Å². The van der Waals surface area contributed by atoms with Gasteiger partial charge in [0.15, 0.2) is 5.69 Å². The number of nitrogens with zero attached hydrogens (tertiary/aromatic N) is 1. The maximum absolute atomic E-state index is 12.4. The Labute approximate surface area is 89.0 Å². The third-order valence-electron chi connectivity index (χ3n) is 1.62. The lowest BCUT2D eigenvalue weighted by molar-refractivity contribution is 0.0594. The van der Waals surface area contributed by atoms with Gasteiger partial charge >= 0.3 is 5.97 Å². The molecular formula is C8H7ClF2N2O2. The molecule has 2 N–H and O–H groups in total. The maximum atomic E-state index is 12.4. The summed E-state index contributed by atoms with van der Waals surface area (Å²) >= 11 is 5.55. The van der Waals surface area contributed by atoms with E-state index in [-0.39, 0.29) is 5.82 Å². The summed E-state index contributed by atoms with van der Waals surface area (Å²) in [5, 5.41) is -0.439. The van der Waals surface area contributed by atoms with E-state index in [0.29, 0.717) is 0 Å². The van der Waals surface area contributed by atoms with Crippen LogP contribution in [0.2, 0.25) is 5.02 Å². The predicted octanol–water partition coefficient (Wildman–Crippen LogP) is 2.04. The zero-order valence-electron chi connectivity index (χ0n) is 7.63. The number of methoxy groups -OCH3 is 1. The number of rotatable bonds is 2. The highest BCUT2D eigenvalue weighted by Crippen LogP contribution is 2.30. The quantitative estimate of drug-likeness (QED) is 0.798. The lowest BCUT2D eigenvalue weighted by atomic mass is 10.2. The van der Waals surface area contributed by atoms with Gasteiger partial charge in [-0.2, -0.15) is 0 Å². The first-order chi connectivity index (χ1) is 6.97. The van der Waals surface area contributed by atoms with Crippen molar-refractivity contribution in [1.29, 1.82) is 0 Å². The molecule has 0 bridgehead atoms. The van der Waals surface area contributed by atoms with Crippen molar-refractivity contribution >= 4 is 23.4 Å². The fourth-order valence-corrected chi connectivity index (χ4v) is 1.22. The van der Waals surface area contributed by atoms with E-state index < -0.39 is 28.7 Å². The monoisotopic (exact) mass is 236 g/mol. The van der Waals surface area contributed by atoms with Gasteiger partial charge in [0.25, 0.3) is 6.43 Å². The van der Waals surface area contributed by atoms with Crippen LogP contribution in [0.5, 0.6) is 0 Å². The van der Waals surface area contributed by atoms with E-state index in [2.05, 4.69) is 9.72 Å². The standard InChI is InChI=1S/C8H7ClF2N2O2/c1-15-8(14)6-5(9)3(7(10)11)2-4(12)13-6/h2,7H,1H3,(H2,12,13). The molecule has 0 aliphatic heterocycles. The van der Waals surface area contributed by atoms with Crippen molar-refractivity contribution in [1.82, 2.24) is 4.98 Å². The maximum Gasteiger partial charge on any atom is 0.358 e. The van der Waals surface area contributed by atoms with Crippen LogP contribution in [0, 0.1) is 0 Å². The molecule has 0 saturated heterocycles. The van der Waals surface area contributed by atoms with Crippen LogP contribution in [-0.4, -0.2) is 18.1 Å². The number of halogens is 3. The molecule has 0 spiro atoms. The zero-order valence-corrected chi connectivity index (χ0v) is 8.39. The van der Waals surface area contributed by atoms with E-state index in [1.807, 2.05) is 0 Å². The molecule has 0 saturated carbocycles. The number of ether oxygens (including phenoxy) is 1. The molecule has 0 unspecified atom stereocenters. The molecule has 1 aromatic heterocycles. The normalized spacial score (nSPS) is 10.5. The average molecular weight is 237 g/mol. The molecule has 0 radical (unpaired) electrons. The number of carbonyl (C=O) groups excluding carboxylic acids is 1. The van der Waals surface area contributed by atoms with Crippen molar-refractivity contribution in [3.05, 3.63) is 22.3 Å².